The summed E-state index contributed by atoms with van der Waals surface area (Å²) in [6.45, 7) is 8.35. The van der Waals surface area contributed by atoms with Gasteiger partial charge in [-0.3, -0.25) is 0 Å². The van der Waals surface area contributed by atoms with Crippen LogP contribution in [0.2, 0.25) is 0 Å². The lowest BCUT2D eigenvalue weighted by Crippen LogP contribution is -2.37. The van der Waals surface area contributed by atoms with E-state index in [1.165, 1.54) is 18.2 Å². The van der Waals surface area contributed by atoms with Gasteiger partial charge in [0.15, 0.2) is 0 Å². The number of nitrogens with one attached hydrogen (secondary N) is 1. The zero-order valence-electron chi connectivity index (χ0n) is 12.5. The first-order chi connectivity index (χ1) is 9.47. The lowest BCUT2D eigenvalue weighted by Gasteiger charge is -2.29. The summed E-state index contributed by atoms with van der Waals surface area (Å²) in [6.07, 6.45) is 0. The molecule has 0 fully saturated rings. The van der Waals surface area contributed by atoms with E-state index in [0.29, 0.717) is 12.5 Å². The Morgan fingerprint density at radius 2 is 1.95 bits per heavy atom. The van der Waals surface area contributed by atoms with Gasteiger partial charge in [0.25, 0.3) is 0 Å². The third kappa shape index (κ3) is 4.52. The van der Waals surface area contributed by atoms with E-state index in [2.05, 4.69) is 20.7 Å². The highest BCUT2D eigenvalue weighted by atomic mass is 79.9. The van der Waals surface area contributed by atoms with E-state index in [0.717, 1.165) is 0 Å². The third-order valence-corrected chi connectivity index (χ3v) is 6.13. The molecule has 0 atom stereocenters. The molecule has 5 nitrogen and oxygen atoms in total. The summed E-state index contributed by atoms with van der Waals surface area (Å²) in [6, 6.07) is 3.85. The highest BCUT2D eigenvalue weighted by molar-refractivity contribution is 9.10. The molecule has 0 radical (unpaired) electrons. The number of halogens is 1. The quantitative estimate of drug-likeness (QED) is 0.797. The monoisotopic (exact) mass is 377 g/mol. The molecular formula is C14H20BrNO4S. The lowest BCUT2D eigenvalue weighted by molar-refractivity contribution is 0.0696. The number of rotatable bonds is 6. The molecule has 2 N–H and O–H groups in total. The van der Waals surface area contributed by atoms with Crippen LogP contribution in [0.3, 0.4) is 0 Å². The Labute approximate surface area is 133 Å². The number of hydrogen-bond acceptors (Lipinski definition) is 3. The molecule has 7 heteroatoms. The van der Waals surface area contributed by atoms with Crippen molar-refractivity contribution in [2.45, 2.75) is 32.6 Å². The summed E-state index contributed by atoms with van der Waals surface area (Å²) < 4.78 is 27.4. The minimum atomic E-state index is -3.69. The number of hydrogen-bond donors (Lipinski definition) is 2. The molecule has 118 valence electrons. The third-order valence-electron chi connectivity index (χ3n) is 3.75. The van der Waals surface area contributed by atoms with Gasteiger partial charge in [0.2, 0.25) is 10.0 Å². The maximum atomic E-state index is 12.3. The highest BCUT2D eigenvalue weighted by Gasteiger charge is 2.26. The zero-order chi connectivity index (χ0) is 16.4. The standard InChI is InChI=1S/C14H20BrNO4S/c1-9(2)14(3,4)8-16-21(19,20)12-6-5-10(13(17)18)7-11(12)15/h5-7,9,16H,8H2,1-4H3,(H,17,18). The normalized spacial score (nSPS) is 12.7. The van der Waals surface area contributed by atoms with Crippen molar-refractivity contribution in [1.29, 1.82) is 0 Å². The number of carbonyl (C=O) groups is 1. The van der Waals surface area contributed by atoms with Gasteiger partial charge in [0.05, 0.1) is 10.5 Å². The second-order valence-electron chi connectivity index (χ2n) is 5.92. The van der Waals surface area contributed by atoms with Gasteiger partial charge in [0.1, 0.15) is 0 Å². The lowest BCUT2D eigenvalue weighted by atomic mass is 9.81. The molecule has 0 spiro atoms. The van der Waals surface area contributed by atoms with Gasteiger partial charge in [-0.25, -0.2) is 17.9 Å². The number of aromatic carboxylic acids is 1. The molecule has 0 bridgehead atoms. The molecule has 0 unspecified atom stereocenters. The van der Waals surface area contributed by atoms with E-state index >= 15 is 0 Å². The first kappa shape index (κ1) is 18.1. The molecule has 21 heavy (non-hydrogen) atoms. The minimum Gasteiger partial charge on any atom is -0.478 e. The summed E-state index contributed by atoms with van der Waals surface area (Å²) in [5, 5.41) is 8.89. The van der Waals surface area contributed by atoms with Crippen LogP contribution in [-0.4, -0.2) is 26.0 Å². The summed E-state index contributed by atoms with van der Waals surface area (Å²) >= 11 is 3.12. The molecule has 0 saturated heterocycles. The summed E-state index contributed by atoms with van der Waals surface area (Å²) in [7, 11) is -3.69. The number of sulfonamides is 1. The average molecular weight is 378 g/mol. The Hall–Kier alpha value is -0.920. The van der Waals surface area contributed by atoms with Crippen molar-refractivity contribution < 1.29 is 18.3 Å². The summed E-state index contributed by atoms with van der Waals surface area (Å²) in [4.78, 5) is 10.9. The minimum absolute atomic E-state index is 0.0309. The first-order valence-corrected chi connectivity index (χ1v) is 8.77. The van der Waals surface area contributed by atoms with Crippen LogP contribution in [0.25, 0.3) is 0 Å². The Morgan fingerprint density at radius 3 is 2.38 bits per heavy atom. The van der Waals surface area contributed by atoms with Crippen LogP contribution in [-0.2, 0) is 10.0 Å². The van der Waals surface area contributed by atoms with Crippen molar-refractivity contribution in [3.8, 4) is 0 Å². The van der Waals surface area contributed by atoms with Gasteiger partial charge in [-0.05, 0) is 45.5 Å². The van der Waals surface area contributed by atoms with Gasteiger partial charge in [-0.2, -0.15) is 0 Å². The SMILES string of the molecule is CC(C)C(C)(C)CNS(=O)(=O)c1ccc(C(=O)O)cc1Br. The van der Waals surface area contributed by atoms with Crippen LogP contribution < -0.4 is 4.72 Å². The van der Waals surface area contributed by atoms with Crippen molar-refractivity contribution >= 4 is 31.9 Å². The van der Waals surface area contributed by atoms with Crippen LogP contribution in [0.5, 0.6) is 0 Å². The van der Waals surface area contributed by atoms with Gasteiger partial charge in [-0.15, -0.1) is 0 Å². The fraction of sp³-hybridized carbons (Fsp3) is 0.500. The molecule has 0 heterocycles. The van der Waals surface area contributed by atoms with Crippen LogP contribution >= 0.6 is 15.9 Å². The van der Waals surface area contributed by atoms with Crippen LogP contribution in [0.4, 0.5) is 0 Å². The second kappa shape index (κ2) is 6.46. The predicted octanol–water partition coefficient (Wildman–Crippen LogP) is 3.11. The Kier molecular flexibility index (Phi) is 5.57. The molecule has 0 amide bonds. The van der Waals surface area contributed by atoms with Crippen molar-refractivity contribution in [1.82, 2.24) is 4.72 Å². The number of carboxylic acid groups (broad SMARTS) is 1. The molecule has 1 aromatic rings. The van der Waals surface area contributed by atoms with E-state index < -0.39 is 16.0 Å². The van der Waals surface area contributed by atoms with Gasteiger partial charge in [-0.1, -0.05) is 27.7 Å². The molecular weight excluding hydrogens is 358 g/mol. The van der Waals surface area contributed by atoms with Crippen LogP contribution in [0.1, 0.15) is 38.1 Å². The number of benzene rings is 1. The molecule has 0 aliphatic carbocycles. The van der Waals surface area contributed by atoms with E-state index in [9.17, 15) is 13.2 Å². The molecule has 1 aromatic carbocycles. The van der Waals surface area contributed by atoms with E-state index in [1.54, 1.807) is 0 Å². The molecule has 0 saturated carbocycles. The molecule has 0 aromatic heterocycles. The van der Waals surface area contributed by atoms with Crippen LogP contribution in [0.15, 0.2) is 27.6 Å². The Balaban J connectivity index is 3.02. The zero-order valence-corrected chi connectivity index (χ0v) is 14.9. The molecule has 0 aliphatic rings. The topological polar surface area (TPSA) is 83.5 Å². The van der Waals surface area contributed by atoms with E-state index in [4.69, 9.17) is 5.11 Å². The first-order valence-electron chi connectivity index (χ1n) is 6.50. The fourth-order valence-electron chi connectivity index (χ4n) is 1.41. The molecule has 1 rings (SSSR count). The smallest absolute Gasteiger partial charge is 0.335 e. The number of carboxylic acids is 1. The Morgan fingerprint density at radius 1 is 1.38 bits per heavy atom. The van der Waals surface area contributed by atoms with Gasteiger partial charge >= 0.3 is 5.97 Å². The Bertz CT molecular complexity index is 638. The summed E-state index contributed by atoms with van der Waals surface area (Å²) in [5.74, 6) is -0.786. The second-order valence-corrected chi connectivity index (χ2v) is 8.51. The summed E-state index contributed by atoms with van der Waals surface area (Å²) in [5.41, 5.74) is -0.149. The van der Waals surface area contributed by atoms with E-state index in [-0.39, 0.29) is 20.3 Å². The van der Waals surface area contributed by atoms with E-state index in [1.807, 2.05) is 27.7 Å². The van der Waals surface area contributed by atoms with Crippen molar-refractivity contribution in [2.75, 3.05) is 6.54 Å². The van der Waals surface area contributed by atoms with Gasteiger partial charge < -0.3 is 5.11 Å². The van der Waals surface area contributed by atoms with Crippen molar-refractivity contribution in [3.63, 3.8) is 0 Å². The van der Waals surface area contributed by atoms with Crippen LogP contribution in [0, 0.1) is 11.3 Å². The maximum absolute atomic E-state index is 12.3. The highest BCUT2D eigenvalue weighted by Crippen LogP contribution is 2.27. The predicted molar refractivity (Wildman–Crippen MR) is 84.9 cm³/mol. The fourth-order valence-corrected chi connectivity index (χ4v) is 3.71. The van der Waals surface area contributed by atoms with Crippen molar-refractivity contribution in [3.05, 3.63) is 28.2 Å². The maximum Gasteiger partial charge on any atom is 0.335 e. The average Bonchev–Trinajstić information content (AvgIpc) is 2.36. The molecule has 0 aliphatic heterocycles. The largest absolute Gasteiger partial charge is 0.478 e. The van der Waals surface area contributed by atoms with Crippen molar-refractivity contribution in [2.24, 2.45) is 11.3 Å². The van der Waals surface area contributed by atoms with Gasteiger partial charge in [0, 0.05) is 11.0 Å².